The maximum absolute atomic E-state index is 11.5. The van der Waals surface area contributed by atoms with Gasteiger partial charge in [0.05, 0.1) is 5.56 Å². The Balaban J connectivity index is 1.94. The molecule has 2 aliphatic carbocycles. The molecule has 0 aliphatic heterocycles. The number of carbonyl (C=O) groups is 1. The van der Waals surface area contributed by atoms with Gasteiger partial charge in [0.15, 0.2) is 0 Å². The molecule has 0 unspecified atom stereocenters. The second-order valence-corrected chi connectivity index (χ2v) is 11.6. The average Bonchev–Trinajstić information content (AvgIpc) is 2.69. The molecule has 0 radical (unpaired) electrons. The van der Waals surface area contributed by atoms with E-state index >= 15 is 0 Å². The molecule has 2 N–H and O–H groups in total. The Morgan fingerprint density at radius 2 is 2.00 bits per heavy atom. The molecule has 3 nitrogen and oxygen atoms in total. The minimum atomic E-state index is -0.959. The largest absolute Gasteiger partial charge is 0.508 e. The summed E-state index contributed by atoms with van der Waals surface area (Å²) in [4.78, 5) is 12.0. The van der Waals surface area contributed by atoms with Crippen molar-refractivity contribution in [3.63, 3.8) is 0 Å². The quantitative estimate of drug-likeness (QED) is 0.321. The Labute approximate surface area is 195 Å². The molecular weight excluding hydrogens is 452 g/mol. The van der Waals surface area contributed by atoms with Crippen molar-refractivity contribution in [2.45, 2.75) is 77.5 Å². The van der Waals surface area contributed by atoms with Crippen LogP contribution in [0.3, 0.4) is 0 Å². The predicted molar refractivity (Wildman–Crippen MR) is 131 cm³/mol. The van der Waals surface area contributed by atoms with Gasteiger partial charge in [-0.2, -0.15) is 0 Å². The smallest absolute Gasteiger partial charge is 0.335 e. The maximum atomic E-state index is 11.5. The van der Waals surface area contributed by atoms with Gasteiger partial charge in [0.1, 0.15) is 5.75 Å². The highest BCUT2D eigenvalue weighted by atomic mass is 79.9. The minimum absolute atomic E-state index is 0.0883. The summed E-state index contributed by atoms with van der Waals surface area (Å²) in [5.74, 6) is 0.0245. The molecule has 31 heavy (non-hydrogen) atoms. The number of carboxylic acid groups (broad SMARTS) is 1. The number of allylic oxidation sites excluding steroid dienone is 3. The summed E-state index contributed by atoms with van der Waals surface area (Å²) in [6.07, 6.45) is 9.66. The molecule has 4 heteroatoms. The molecule has 170 valence electrons. The monoisotopic (exact) mass is 488 g/mol. The second kappa shape index (κ2) is 9.13. The van der Waals surface area contributed by atoms with Crippen molar-refractivity contribution in [2.24, 2.45) is 22.7 Å². The van der Waals surface area contributed by atoms with Crippen molar-refractivity contribution >= 4 is 21.9 Å². The molecule has 0 bridgehead atoms. The molecule has 2 aliphatic rings. The van der Waals surface area contributed by atoms with Crippen LogP contribution in [0.5, 0.6) is 5.75 Å². The summed E-state index contributed by atoms with van der Waals surface area (Å²) < 4.78 is 0. The first-order chi connectivity index (χ1) is 14.5. The van der Waals surface area contributed by atoms with Crippen molar-refractivity contribution in [1.82, 2.24) is 0 Å². The number of rotatable bonds is 6. The van der Waals surface area contributed by atoms with E-state index in [2.05, 4.69) is 56.3 Å². The third-order valence-electron chi connectivity index (χ3n) is 8.27. The van der Waals surface area contributed by atoms with E-state index in [1.165, 1.54) is 23.3 Å². The molecule has 0 saturated heterocycles. The lowest BCUT2D eigenvalue weighted by Gasteiger charge is -2.61. The molecule has 0 spiro atoms. The Morgan fingerprint density at radius 3 is 2.65 bits per heavy atom. The van der Waals surface area contributed by atoms with Gasteiger partial charge in [-0.1, -0.05) is 53.6 Å². The van der Waals surface area contributed by atoms with Crippen LogP contribution in [0.15, 0.2) is 42.0 Å². The zero-order chi connectivity index (χ0) is 23.0. The second-order valence-electron chi connectivity index (χ2n) is 10.5. The molecule has 3 rings (SSSR count). The highest BCUT2D eigenvalue weighted by molar-refractivity contribution is 9.09. The van der Waals surface area contributed by atoms with Crippen molar-refractivity contribution in [1.29, 1.82) is 0 Å². The topological polar surface area (TPSA) is 57.5 Å². The third-order valence-corrected chi connectivity index (χ3v) is 9.78. The van der Waals surface area contributed by atoms with Gasteiger partial charge >= 0.3 is 5.97 Å². The average molecular weight is 489 g/mol. The number of phenols is 1. The normalized spacial score (nSPS) is 32.9. The Hall–Kier alpha value is -1.55. The van der Waals surface area contributed by atoms with Gasteiger partial charge in [0, 0.05) is 4.83 Å². The molecular formula is C27H37BrO3. The number of aromatic hydroxyl groups is 1. The third kappa shape index (κ3) is 4.65. The first kappa shape index (κ1) is 24.1. The number of phenolic OH excluding ortho intramolecular Hbond substituents is 1. The first-order valence-corrected chi connectivity index (χ1v) is 12.4. The van der Waals surface area contributed by atoms with Crippen molar-refractivity contribution in [2.75, 3.05) is 0 Å². The number of carboxylic acids is 1. The lowest BCUT2D eigenvalue weighted by Crippen LogP contribution is -2.54. The van der Waals surface area contributed by atoms with Gasteiger partial charge in [0.25, 0.3) is 0 Å². The summed E-state index contributed by atoms with van der Waals surface area (Å²) in [6.45, 7) is 13.7. The SMILES string of the molecule is C=C1CC[C@@H]2[C@@](C)(CCC=C(C)C)[C@H](Br)CC[C@@]2(C)[C@H]1Cc1cc(C(=O)O)ccc1O. The molecule has 2 saturated carbocycles. The first-order valence-electron chi connectivity index (χ1n) is 11.5. The van der Waals surface area contributed by atoms with Gasteiger partial charge < -0.3 is 10.2 Å². The van der Waals surface area contributed by atoms with E-state index in [9.17, 15) is 15.0 Å². The summed E-state index contributed by atoms with van der Waals surface area (Å²) >= 11 is 4.05. The summed E-state index contributed by atoms with van der Waals surface area (Å²) in [5.41, 5.74) is 3.86. The molecule has 1 aromatic rings. The molecule has 5 atom stereocenters. The predicted octanol–water partition coefficient (Wildman–Crippen LogP) is 7.53. The number of benzene rings is 1. The Bertz CT molecular complexity index is 884. The van der Waals surface area contributed by atoms with Crippen LogP contribution in [0.2, 0.25) is 0 Å². The van der Waals surface area contributed by atoms with Crippen LogP contribution in [0.4, 0.5) is 0 Å². The summed E-state index contributed by atoms with van der Waals surface area (Å²) in [6, 6.07) is 4.63. The standard InChI is InChI=1S/C27H37BrO3/c1-17(2)7-6-13-27(5)23-11-8-18(3)21(26(23,4)14-12-24(27)28)16-20-15-19(25(30)31)9-10-22(20)29/h7,9-10,15,21,23-24,29H,3,6,8,11-14,16H2,1-2,4-5H3,(H,30,31)/t21-,23-,24+,26-,27+/m0/s1. The van der Waals surface area contributed by atoms with Crippen LogP contribution in [-0.2, 0) is 6.42 Å². The van der Waals surface area contributed by atoms with E-state index in [1.54, 1.807) is 6.07 Å². The number of alkyl halides is 1. The molecule has 0 aromatic heterocycles. The summed E-state index contributed by atoms with van der Waals surface area (Å²) in [7, 11) is 0. The fourth-order valence-electron chi connectivity index (χ4n) is 6.44. The van der Waals surface area contributed by atoms with Gasteiger partial charge in [-0.25, -0.2) is 4.79 Å². The van der Waals surface area contributed by atoms with Crippen molar-refractivity contribution in [3.8, 4) is 5.75 Å². The molecule has 2 fully saturated rings. The number of halogens is 1. The van der Waals surface area contributed by atoms with E-state index in [0.29, 0.717) is 17.2 Å². The Kier molecular flexibility index (Phi) is 7.10. The summed E-state index contributed by atoms with van der Waals surface area (Å²) in [5, 5.41) is 19.9. The van der Waals surface area contributed by atoms with Gasteiger partial charge in [-0.3, -0.25) is 0 Å². The van der Waals surface area contributed by atoms with Crippen molar-refractivity contribution < 1.29 is 15.0 Å². The number of hydrogen-bond acceptors (Lipinski definition) is 2. The van der Waals surface area contributed by atoms with Gasteiger partial charge in [-0.15, -0.1) is 0 Å². The van der Waals surface area contributed by atoms with Gasteiger partial charge in [0.2, 0.25) is 0 Å². The van der Waals surface area contributed by atoms with Crippen LogP contribution in [-0.4, -0.2) is 21.0 Å². The highest BCUT2D eigenvalue weighted by Crippen LogP contribution is 2.64. The van der Waals surface area contributed by atoms with Gasteiger partial charge in [-0.05, 0) is 105 Å². The minimum Gasteiger partial charge on any atom is -0.508 e. The number of aromatic carboxylic acids is 1. The van der Waals surface area contributed by atoms with Crippen molar-refractivity contribution in [3.05, 3.63) is 53.1 Å². The van der Waals surface area contributed by atoms with Crippen LogP contribution in [0, 0.1) is 22.7 Å². The van der Waals surface area contributed by atoms with E-state index in [-0.39, 0.29) is 28.1 Å². The lowest BCUT2D eigenvalue weighted by atomic mass is 9.46. The maximum Gasteiger partial charge on any atom is 0.335 e. The lowest BCUT2D eigenvalue weighted by molar-refractivity contribution is -0.0588. The fourth-order valence-corrected chi connectivity index (χ4v) is 7.22. The fraction of sp³-hybridized carbons (Fsp3) is 0.593. The van der Waals surface area contributed by atoms with Crippen LogP contribution in [0.25, 0.3) is 0 Å². The highest BCUT2D eigenvalue weighted by Gasteiger charge is 2.57. The Morgan fingerprint density at radius 1 is 1.29 bits per heavy atom. The van der Waals surface area contributed by atoms with Crippen LogP contribution < -0.4 is 0 Å². The molecule has 0 amide bonds. The van der Waals surface area contributed by atoms with Crippen LogP contribution in [0.1, 0.15) is 82.1 Å². The number of fused-ring (bicyclic) bond motifs is 1. The van der Waals surface area contributed by atoms with E-state index < -0.39 is 5.97 Å². The van der Waals surface area contributed by atoms with E-state index in [4.69, 9.17) is 0 Å². The number of hydrogen-bond donors (Lipinski definition) is 2. The van der Waals surface area contributed by atoms with Crippen LogP contribution >= 0.6 is 15.9 Å². The van der Waals surface area contributed by atoms with E-state index in [0.717, 1.165) is 44.1 Å². The molecule has 1 aromatic carbocycles. The van der Waals surface area contributed by atoms with E-state index in [1.807, 2.05) is 0 Å². The zero-order valence-corrected chi connectivity index (χ0v) is 21.0. The molecule has 0 heterocycles. The zero-order valence-electron chi connectivity index (χ0n) is 19.4.